The van der Waals surface area contributed by atoms with E-state index >= 15 is 0 Å². The summed E-state index contributed by atoms with van der Waals surface area (Å²) in [4.78, 5) is 29.6. The van der Waals surface area contributed by atoms with Gasteiger partial charge in [-0.25, -0.2) is 0 Å². The normalized spacial score (nSPS) is 28.3. The number of hydrogen-bond donors (Lipinski definition) is 0. The van der Waals surface area contributed by atoms with Crippen molar-refractivity contribution in [3.8, 4) is 0 Å². The summed E-state index contributed by atoms with van der Waals surface area (Å²) >= 11 is 0. The van der Waals surface area contributed by atoms with Crippen molar-refractivity contribution < 1.29 is 9.59 Å². The fourth-order valence-electron chi connectivity index (χ4n) is 5.35. The SMILES string of the molecule is Cn1ccc2ccc(C(=O)N3CC4CC(C3)C3CCCC(=O)N3C4)cc21. The number of nitrogens with zero attached hydrogens (tertiary/aromatic N) is 3. The van der Waals surface area contributed by atoms with Gasteiger partial charge in [-0.3, -0.25) is 9.59 Å². The summed E-state index contributed by atoms with van der Waals surface area (Å²) in [5.74, 6) is 1.33. The van der Waals surface area contributed by atoms with E-state index in [9.17, 15) is 9.59 Å². The highest BCUT2D eigenvalue weighted by molar-refractivity contribution is 5.98. The van der Waals surface area contributed by atoms with Crippen molar-refractivity contribution in [2.75, 3.05) is 19.6 Å². The van der Waals surface area contributed by atoms with E-state index in [1.807, 2.05) is 36.3 Å². The molecule has 0 saturated carbocycles. The van der Waals surface area contributed by atoms with Crippen LogP contribution >= 0.6 is 0 Å². The van der Waals surface area contributed by atoms with Gasteiger partial charge < -0.3 is 14.4 Å². The van der Waals surface area contributed by atoms with Crippen molar-refractivity contribution in [2.45, 2.75) is 31.7 Å². The highest BCUT2D eigenvalue weighted by Crippen LogP contribution is 2.38. The number of piperidine rings is 3. The lowest BCUT2D eigenvalue weighted by Crippen LogP contribution is -2.61. The van der Waals surface area contributed by atoms with Gasteiger partial charge in [0.1, 0.15) is 0 Å². The second kappa shape index (κ2) is 5.86. The van der Waals surface area contributed by atoms with Crippen LogP contribution in [0, 0.1) is 11.8 Å². The van der Waals surface area contributed by atoms with E-state index in [-0.39, 0.29) is 5.91 Å². The predicted octanol–water partition coefficient (Wildman–Crippen LogP) is 2.65. The topological polar surface area (TPSA) is 45.6 Å². The average molecular weight is 351 g/mol. The molecule has 2 aromatic rings. The Labute approximate surface area is 153 Å². The first kappa shape index (κ1) is 15.9. The van der Waals surface area contributed by atoms with Gasteiger partial charge in [0.2, 0.25) is 5.91 Å². The highest BCUT2D eigenvalue weighted by Gasteiger charge is 2.44. The Kier molecular flexibility index (Phi) is 3.59. The summed E-state index contributed by atoms with van der Waals surface area (Å²) in [5.41, 5.74) is 1.87. The molecule has 136 valence electrons. The van der Waals surface area contributed by atoms with Crippen LogP contribution in [0.2, 0.25) is 0 Å². The molecule has 0 spiro atoms. The Morgan fingerprint density at radius 2 is 2.04 bits per heavy atom. The average Bonchev–Trinajstić information content (AvgIpc) is 3.02. The lowest BCUT2D eigenvalue weighted by Gasteiger charge is -2.52. The maximum absolute atomic E-state index is 13.2. The molecule has 1 aromatic heterocycles. The van der Waals surface area contributed by atoms with Gasteiger partial charge in [0, 0.05) is 56.4 Å². The molecule has 0 radical (unpaired) electrons. The zero-order chi connectivity index (χ0) is 17.8. The number of rotatable bonds is 1. The minimum atomic E-state index is 0.137. The minimum Gasteiger partial charge on any atom is -0.351 e. The molecule has 0 N–H and O–H groups in total. The molecule has 3 saturated heterocycles. The number of benzene rings is 1. The maximum Gasteiger partial charge on any atom is 0.253 e. The van der Waals surface area contributed by atoms with Crippen molar-refractivity contribution >= 4 is 22.7 Å². The number of carbonyl (C=O) groups is 2. The van der Waals surface area contributed by atoms with Gasteiger partial charge in [0.05, 0.1) is 0 Å². The monoisotopic (exact) mass is 351 g/mol. The zero-order valence-corrected chi connectivity index (χ0v) is 15.2. The number of fused-ring (bicyclic) bond motifs is 5. The van der Waals surface area contributed by atoms with Crippen LogP contribution in [0.5, 0.6) is 0 Å². The summed E-state index contributed by atoms with van der Waals surface area (Å²) in [6.07, 6.45) is 5.99. The van der Waals surface area contributed by atoms with E-state index < -0.39 is 0 Å². The first-order chi connectivity index (χ1) is 12.6. The van der Waals surface area contributed by atoms with Crippen molar-refractivity contribution in [2.24, 2.45) is 18.9 Å². The largest absolute Gasteiger partial charge is 0.351 e. The Morgan fingerprint density at radius 3 is 2.92 bits per heavy atom. The molecule has 2 bridgehead atoms. The third-order valence-electron chi connectivity index (χ3n) is 6.60. The van der Waals surface area contributed by atoms with Crippen molar-refractivity contribution in [1.29, 1.82) is 0 Å². The molecule has 3 aliphatic heterocycles. The van der Waals surface area contributed by atoms with Gasteiger partial charge >= 0.3 is 0 Å². The van der Waals surface area contributed by atoms with Gasteiger partial charge in [0.25, 0.3) is 5.91 Å². The van der Waals surface area contributed by atoms with Crippen LogP contribution in [0.25, 0.3) is 10.9 Å². The van der Waals surface area contributed by atoms with Gasteiger partial charge in [-0.1, -0.05) is 6.07 Å². The summed E-state index contributed by atoms with van der Waals surface area (Å²) in [6.45, 7) is 2.40. The predicted molar refractivity (Wildman–Crippen MR) is 99.8 cm³/mol. The standard InChI is InChI=1S/C21H25N3O2/c1-22-8-7-15-5-6-16(10-19(15)22)21(26)23-11-14-9-17(13-23)18-3-2-4-20(25)24(18)12-14/h5-8,10,14,17-18H,2-4,9,11-13H2,1H3. The second-order valence-corrected chi connectivity index (χ2v) is 8.28. The molecule has 3 aliphatic rings. The number of likely N-dealkylation sites (tertiary alicyclic amines) is 1. The summed E-state index contributed by atoms with van der Waals surface area (Å²) in [6, 6.07) is 8.42. The van der Waals surface area contributed by atoms with Crippen LogP contribution in [0.1, 0.15) is 36.0 Å². The maximum atomic E-state index is 13.2. The smallest absolute Gasteiger partial charge is 0.253 e. The molecule has 3 unspecified atom stereocenters. The third-order valence-corrected chi connectivity index (χ3v) is 6.60. The lowest BCUT2D eigenvalue weighted by atomic mass is 9.76. The van der Waals surface area contributed by atoms with Crippen LogP contribution in [-0.4, -0.2) is 51.9 Å². The number of amides is 2. The van der Waals surface area contributed by atoms with Gasteiger partial charge in [0.15, 0.2) is 0 Å². The first-order valence-electron chi connectivity index (χ1n) is 9.74. The van der Waals surface area contributed by atoms with Crippen molar-refractivity contribution in [3.05, 3.63) is 36.0 Å². The number of aromatic nitrogens is 1. The Hall–Kier alpha value is -2.30. The molecule has 1 aromatic carbocycles. The van der Waals surface area contributed by atoms with Gasteiger partial charge in [-0.2, -0.15) is 0 Å². The molecule has 26 heavy (non-hydrogen) atoms. The van der Waals surface area contributed by atoms with E-state index in [1.165, 1.54) is 0 Å². The zero-order valence-electron chi connectivity index (χ0n) is 15.2. The molecule has 5 heteroatoms. The van der Waals surface area contributed by atoms with Gasteiger partial charge in [-0.05, 0) is 54.7 Å². The van der Waals surface area contributed by atoms with Crippen LogP contribution in [0.15, 0.2) is 30.5 Å². The molecule has 2 amide bonds. The summed E-state index contributed by atoms with van der Waals surface area (Å²) < 4.78 is 2.06. The third kappa shape index (κ3) is 2.44. The molecule has 3 atom stereocenters. The van der Waals surface area contributed by atoms with Gasteiger partial charge in [-0.15, -0.1) is 0 Å². The second-order valence-electron chi connectivity index (χ2n) is 8.28. The summed E-state index contributed by atoms with van der Waals surface area (Å²) in [7, 11) is 2.01. The Morgan fingerprint density at radius 1 is 1.15 bits per heavy atom. The number of aryl methyl sites for hydroxylation is 1. The van der Waals surface area contributed by atoms with Crippen LogP contribution < -0.4 is 0 Å². The Bertz CT molecular complexity index is 887. The molecule has 5 rings (SSSR count). The fourth-order valence-corrected chi connectivity index (χ4v) is 5.35. The molecule has 3 fully saturated rings. The molecule has 0 aliphatic carbocycles. The minimum absolute atomic E-state index is 0.137. The van der Waals surface area contributed by atoms with E-state index in [0.29, 0.717) is 30.2 Å². The van der Waals surface area contributed by atoms with E-state index in [4.69, 9.17) is 0 Å². The van der Waals surface area contributed by atoms with Crippen molar-refractivity contribution in [3.63, 3.8) is 0 Å². The van der Waals surface area contributed by atoms with Crippen LogP contribution in [0.3, 0.4) is 0 Å². The quantitative estimate of drug-likeness (QED) is 0.793. The highest BCUT2D eigenvalue weighted by atomic mass is 16.2. The van der Waals surface area contributed by atoms with E-state index in [0.717, 1.165) is 55.4 Å². The Balaban J connectivity index is 1.39. The molecular weight excluding hydrogens is 326 g/mol. The molecular formula is C21H25N3O2. The first-order valence-corrected chi connectivity index (χ1v) is 9.74. The van der Waals surface area contributed by atoms with Crippen LogP contribution in [0.4, 0.5) is 0 Å². The number of carbonyl (C=O) groups excluding carboxylic acids is 2. The fraction of sp³-hybridized carbons (Fsp3) is 0.524. The molecule has 5 nitrogen and oxygen atoms in total. The number of hydrogen-bond acceptors (Lipinski definition) is 2. The van der Waals surface area contributed by atoms with Crippen LogP contribution in [-0.2, 0) is 11.8 Å². The molecule has 4 heterocycles. The lowest BCUT2D eigenvalue weighted by molar-refractivity contribution is -0.144. The van der Waals surface area contributed by atoms with Crippen molar-refractivity contribution in [1.82, 2.24) is 14.4 Å². The van der Waals surface area contributed by atoms with E-state index in [1.54, 1.807) is 0 Å². The van der Waals surface area contributed by atoms with E-state index in [2.05, 4.69) is 15.5 Å². The summed E-state index contributed by atoms with van der Waals surface area (Å²) in [5, 5.41) is 1.16.